The van der Waals surface area contributed by atoms with Gasteiger partial charge in [0.2, 0.25) is 10.0 Å². The van der Waals surface area contributed by atoms with Crippen molar-refractivity contribution in [2.45, 2.75) is 31.1 Å². The van der Waals surface area contributed by atoms with Gasteiger partial charge in [0, 0.05) is 37.4 Å². The lowest BCUT2D eigenvalue weighted by Gasteiger charge is -2.31. The second kappa shape index (κ2) is 6.76. The lowest BCUT2D eigenvalue weighted by atomic mass is 9.93. The van der Waals surface area contributed by atoms with E-state index in [9.17, 15) is 8.42 Å². The van der Waals surface area contributed by atoms with E-state index in [2.05, 4.69) is 16.0 Å². The summed E-state index contributed by atoms with van der Waals surface area (Å²) in [6.45, 7) is 3.11. The number of aromatic nitrogens is 2. The van der Waals surface area contributed by atoms with Crippen molar-refractivity contribution in [3.8, 4) is 0 Å². The standard InChI is InChI=1S/C17H21N3O2S/c1-14-6-7-15(11-19-14)10-16-4-3-9-20(13-16)23(21,22)17-5-2-8-18-12-17/h2,5-8,11-12,16H,3-4,9-10,13H2,1H3/t16-/m1/s1. The van der Waals surface area contributed by atoms with Gasteiger partial charge in [-0.05, 0) is 55.9 Å². The average molecular weight is 331 g/mol. The van der Waals surface area contributed by atoms with Gasteiger partial charge in [-0.3, -0.25) is 9.97 Å². The molecule has 2 aromatic rings. The third kappa shape index (κ3) is 3.76. The summed E-state index contributed by atoms with van der Waals surface area (Å²) in [5.41, 5.74) is 2.17. The lowest BCUT2D eigenvalue weighted by molar-refractivity contribution is 0.265. The first-order valence-corrected chi connectivity index (χ1v) is 9.31. The summed E-state index contributed by atoms with van der Waals surface area (Å²) in [6, 6.07) is 7.35. The zero-order valence-electron chi connectivity index (χ0n) is 13.2. The summed E-state index contributed by atoms with van der Waals surface area (Å²) in [5.74, 6) is 0.333. The highest BCUT2D eigenvalue weighted by atomic mass is 32.2. The van der Waals surface area contributed by atoms with Crippen LogP contribution in [-0.4, -0.2) is 35.8 Å². The first-order chi connectivity index (χ1) is 11.1. The predicted molar refractivity (Wildman–Crippen MR) is 88.4 cm³/mol. The van der Waals surface area contributed by atoms with Crippen molar-refractivity contribution in [1.82, 2.24) is 14.3 Å². The number of piperidine rings is 1. The van der Waals surface area contributed by atoms with Crippen molar-refractivity contribution in [2.24, 2.45) is 5.92 Å². The van der Waals surface area contributed by atoms with Crippen LogP contribution in [-0.2, 0) is 16.4 Å². The summed E-state index contributed by atoms with van der Waals surface area (Å²) in [4.78, 5) is 8.52. The van der Waals surface area contributed by atoms with Gasteiger partial charge in [-0.1, -0.05) is 6.07 Å². The first kappa shape index (κ1) is 16.1. The molecule has 0 radical (unpaired) electrons. The molecular weight excluding hydrogens is 310 g/mol. The van der Waals surface area contributed by atoms with Crippen LogP contribution < -0.4 is 0 Å². The predicted octanol–water partition coefficient (Wildman–Crippen LogP) is 2.43. The molecule has 1 fully saturated rings. The molecule has 6 heteroatoms. The van der Waals surface area contributed by atoms with Gasteiger partial charge in [0.05, 0.1) is 0 Å². The molecule has 5 nitrogen and oxygen atoms in total. The lowest BCUT2D eigenvalue weighted by Crippen LogP contribution is -2.40. The Morgan fingerprint density at radius 2 is 2.13 bits per heavy atom. The molecule has 0 spiro atoms. The van der Waals surface area contributed by atoms with Crippen molar-refractivity contribution < 1.29 is 8.42 Å². The van der Waals surface area contributed by atoms with Gasteiger partial charge in [0.25, 0.3) is 0 Å². The van der Waals surface area contributed by atoms with Crippen molar-refractivity contribution in [3.63, 3.8) is 0 Å². The number of rotatable bonds is 4. The molecule has 1 saturated heterocycles. The number of hydrogen-bond donors (Lipinski definition) is 0. The van der Waals surface area contributed by atoms with Crippen molar-refractivity contribution in [2.75, 3.05) is 13.1 Å². The molecule has 0 N–H and O–H groups in total. The fraction of sp³-hybridized carbons (Fsp3) is 0.412. The van der Waals surface area contributed by atoms with Gasteiger partial charge >= 0.3 is 0 Å². The molecule has 2 aromatic heterocycles. The Balaban J connectivity index is 1.72. The minimum absolute atomic E-state index is 0.276. The topological polar surface area (TPSA) is 63.2 Å². The zero-order valence-corrected chi connectivity index (χ0v) is 14.0. The number of nitrogens with zero attached hydrogens (tertiary/aromatic N) is 3. The van der Waals surface area contributed by atoms with Crippen molar-refractivity contribution in [3.05, 3.63) is 54.1 Å². The number of pyridine rings is 2. The molecule has 122 valence electrons. The Labute approximate surface area is 137 Å². The highest BCUT2D eigenvalue weighted by Crippen LogP contribution is 2.25. The van der Waals surface area contributed by atoms with Crippen LogP contribution in [0.4, 0.5) is 0 Å². The maximum absolute atomic E-state index is 12.7. The van der Waals surface area contributed by atoms with Crippen LogP contribution >= 0.6 is 0 Å². The van der Waals surface area contributed by atoms with Crippen LogP contribution in [0.2, 0.25) is 0 Å². The van der Waals surface area contributed by atoms with E-state index in [1.54, 1.807) is 22.6 Å². The van der Waals surface area contributed by atoms with E-state index in [-0.39, 0.29) is 4.90 Å². The van der Waals surface area contributed by atoms with Gasteiger partial charge in [-0.25, -0.2) is 8.42 Å². The normalized spacial score (nSPS) is 19.6. The van der Waals surface area contributed by atoms with Crippen LogP contribution in [0.5, 0.6) is 0 Å². The molecule has 3 rings (SSSR count). The monoisotopic (exact) mass is 331 g/mol. The second-order valence-corrected chi connectivity index (χ2v) is 8.01. The first-order valence-electron chi connectivity index (χ1n) is 7.87. The number of aryl methyl sites for hydroxylation is 1. The summed E-state index contributed by atoms with van der Waals surface area (Å²) in [6.07, 6.45) is 7.71. The van der Waals surface area contributed by atoms with Crippen molar-refractivity contribution >= 4 is 10.0 Å². The quantitative estimate of drug-likeness (QED) is 0.863. The number of hydrogen-bond acceptors (Lipinski definition) is 4. The van der Waals surface area contributed by atoms with E-state index in [0.717, 1.165) is 25.0 Å². The minimum Gasteiger partial charge on any atom is -0.263 e. The maximum Gasteiger partial charge on any atom is 0.244 e. The van der Waals surface area contributed by atoms with Crippen LogP contribution in [0.3, 0.4) is 0 Å². The maximum atomic E-state index is 12.7. The largest absolute Gasteiger partial charge is 0.263 e. The van der Waals surface area contributed by atoms with Gasteiger partial charge in [-0.2, -0.15) is 4.31 Å². The summed E-state index contributed by atoms with van der Waals surface area (Å²) >= 11 is 0. The molecule has 0 bridgehead atoms. The third-order valence-corrected chi connectivity index (χ3v) is 6.10. The molecule has 3 heterocycles. The average Bonchev–Trinajstić information content (AvgIpc) is 2.58. The van der Waals surface area contributed by atoms with Gasteiger partial charge in [0.15, 0.2) is 0 Å². The Kier molecular flexibility index (Phi) is 4.73. The van der Waals surface area contributed by atoms with Crippen LogP contribution in [0.15, 0.2) is 47.8 Å². The summed E-state index contributed by atoms with van der Waals surface area (Å²) in [5, 5.41) is 0. The van der Waals surface area contributed by atoms with E-state index in [4.69, 9.17) is 0 Å². The van der Waals surface area contributed by atoms with E-state index >= 15 is 0 Å². The molecule has 1 aliphatic rings. The van der Waals surface area contributed by atoms with Crippen molar-refractivity contribution in [1.29, 1.82) is 0 Å². The van der Waals surface area contributed by atoms with Gasteiger partial charge in [-0.15, -0.1) is 0 Å². The van der Waals surface area contributed by atoms with E-state index in [1.165, 1.54) is 11.8 Å². The Morgan fingerprint density at radius 3 is 2.83 bits per heavy atom. The van der Waals surface area contributed by atoms with E-state index in [1.807, 2.05) is 19.2 Å². The molecular formula is C17H21N3O2S. The molecule has 23 heavy (non-hydrogen) atoms. The van der Waals surface area contributed by atoms with Gasteiger partial charge < -0.3 is 0 Å². The number of sulfonamides is 1. The smallest absolute Gasteiger partial charge is 0.244 e. The molecule has 0 amide bonds. The minimum atomic E-state index is -3.44. The van der Waals surface area contributed by atoms with Crippen LogP contribution in [0.1, 0.15) is 24.1 Å². The SMILES string of the molecule is Cc1ccc(C[C@H]2CCCN(S(=O)(=O)c3cccnc3)C2)cn1. The van der Waals surface area contributed by atoms with Gasteiger partial charge in [0.1, 0.15) is 4.90 Å². The Morgan fingerprint density at radius 1 is 1.26 bits per heavy atom. The highest BCUT2D eigenvalue weighted by molar-refractivity contribution is 7.89. The third-order valence-electron chi connectivity index (χ3n) is 4.25. The molecule has 1 aliphatic heterocycles. The molecule has 0 aromatic carbocycles. The van der Waals surface area contributed by atoms with E-state index in [0.29, 0.717) is 19.0 Å². The molecule has 0 aliphatic carbocycles. The molecule has 1 atom stereocenters. The fourth-order valence-corrected chi connectivity index (χ4v) is 4.53. The zero-order chi connectivity index (χ0) is 16.3. The molecule has 0 unspecified atom stereocenters. The summed E-state index contributed by atoms with van der Waals surface area (Å²) < 4.78 is 27.0. The molecule has 0 saturated carbocycles. The van der Waals surface area contributed by atoms with Crippen LogP contribution in [0, 0.1) is 12.8 Å². The van der Waals surface area contributed by atoms with Crippen LogP contribution in [0.25, 0.3) is 0 Å². The Bertz CT molecular complexity index is 745. The van der Waals surface area contributed by atoms with E-state index < -0.39 is 10.0 Å². The fourth-order valence-electron chi connectivity index (χ4n) is 3.01. The second-order valence-electron chi connectivity index (χ2n) is 6.07. The Hall–Kier alpha value is -1.79. The highest BCUT2D eigenvalue weighted by Gasteiger charge is 2.30. The summed E-state index contributed by atoms with van der Waals surface area (Å²) in [7, 11) is -3.44.